The Morgan fingerprint density at radius 3 is 2.50 bits per heavy atom. The lowest BCUT2D eigenvalue weighted by molar-refractivity contribution is -0.134. The lowest BCUT2D eigenvalue weighted by atomic mass is 10.2. The number of ether oxygens (including phenoxy) is 1. The van der Waals surface area contributed by atoms with Gasteiger partial charge in [0.15, 0.2) is 5.72 Å². The second-order valence-electron chi connectivity index (χ2n) is 2.55. The van der Waals surface area contributed by atoms with E-state index >= 15 is 0 Å². The maximum absolute atomic E-state index is 11.1. The van der Waals surface area contributed by atoms with Gasteiger partial charge in [-0.2, -0.15) is 0 Å². The molecule has 1 aliphatic heterocycles. The molecule has 0 aromatic rings. The first-order valence-electron chi connectivity index (χ1n) is 3.14. The van der Waals surface area contributed by atoms with Crippen LogP contribution in [0.2, 0.25) is 0 Å². The summed E-state index contributed by atoms with van der Waals surface area (Å²) < 4.78 is 4.97. The van der Waals surface area contributed by atoms with Gasteiger partial charge in [0.25, 0.3) is 0 Å². The van der Waals surface area contributed by atoms with Crippen LogP contribution in [0.3, 0.4) is 0 Å². The molecule has 3 heteroatoms. The molecular formula is C7H11NO2. The second-order valence-corrected chi connectivity index (χ2v) is 2.55. The molecule has 0 radical (unpaired) electrons. The SMILES string of the molecule is COC1(C)NC(C)=CC1=O. The molecule has 1 atom stereocenters. The fourth-order valence-corrected chi connectivity index (χ4v) is 0.960. The van der Waals surface area contributed by atoms with E-state index in [1.54, 1.807) is 13.0 Å². The molecule has 0 aliphatic carbocycles. The molecule has 0 amide bonds. The van der Waals surface area contributed by atoms with Crippen LogP contribution in [0.25, 0.3) is 0 Å². The van der Waals surface area contributed by atoms with E-state index in [0.29, 0.717) is 0 Å². The largest absolute Gasteiger partial charge is 0.355 e. The zero-order valence-electron chi connectivity index (χ0n) is 6.39. The molecule has 1 unspecified atom stereocenters. The van der Waals surface area contributed by atoms with Crippen molar-refractivity contribution in [3.05, 3.63) is 11.8 Å². The minimum absolute atomic E-state index is 0.0208. The third-order valence-electron chi connectivity index (χ3n) is 1.66. The molecule has 0 saturated carbocycles. The third kappa shape index (κ3) is 0.926. The number of carbonyl (C=O) groups is 1. The number of ketones is 1. The lowest BCUT2D eigenvalue weighted by Crippen LogP contribution is -2.44. The zero-order valence-corrected chi connectivity index (χ0v) is 6.39. The van der Waals surface area contributed by atoms with E-state index in [9.17, 15) is 4.79 Å². The highest BCUT2D eigenvalue weighted by Gasteiger charge is 2.35. The highest BCUT2D eigenvalue weighted by atomic mass is 16.5. The van der Waals surface area contributed by atoms with Gasteiger partial charge in [0, 0.05) is 18.9 Å². The minimum atomic E-state index is -0.815. The smallest absolute Gasteiger partial charge is 0.209 e. The van der Waals surface area contributed by atoms with Crippen LogP contribution < -0.4 is 5.32 Å². The molecule has 0 fully saturated rings. The number of rotatable bonds is 1. The van der Waals surface area contributed by atoms with E-state index in [4.69, 9.17) is 4.74 Å². The van der Waals surface area contributed by atoms with Crippen LogP contribution in [0.5, 0.6) is 0 Å². The molecule has 56 valence electrons. The van der Waals surface area contributed by atoms with Gasteiger partial charge in [-0.25, -0.2) is 0 Å². The van der Waals surface area contributed by atoms with Crippen LogP contribution in [0.15, 0.2) is 11.8 Å². The molecule has 0 aromatic carbocycles. The van der Waals surface area contributed by atoms with Crippen molar-refractivity contribution < 1.29 is 9.53 Å². The normalized spacial score (nSPS) is 31.9. The Hall–Kier alpha value is -0.830. The Morgan fingerprint density at radius 1 is 1.70 bits per heavy atom. The van der Waals surface area contributed by atoms with Gasteiger partial charge in [0.2, 0.25) is 5.78 Å². The van der Waals surface area contributed by atoms with Crippen LogP contribution in [-0.4, -0.2) is 18.6 Å². The van der Waals surface area contributed by atoms with Gasteiger partial charge in [0.05, 0.1) is 0 Å². The van der Waals surface area contributed by atoms with Crippen molar-refractivity contribution in [1.82, 2.24) is 5.32 Å². The summed E-state index contributed by atoms with van der Waals surface area (Å²) in [4.78, 5) is 11.1. The fraction of sp³-hybridized carbons (Fsp3) is 0.571. The monoisotopic (exact) mass is 141 g/mol. The molecule has 0 bridgehead atoms. The van der Waals surface area contributed by atoms with E-state index < -0.39 is 5.72 Å². The van der Waals surface area contributed by atoms with Crippen molar-refractivity contribution >= 4 is 5.78 Å². The summed E-state index contributed by atoms with van der Waals surface area (Å²) in [7, 11) is 1.51. The molecule has 0 aromatic heterocycles. The van der Waals surface area contributed by atoms with Crippen LogP contribution in [0, 0.1) is 0 Å². The van der Waals surface area contributed by atoms with Crippen molar-refractivity contribution in [3.8, 4) is 0 Å². The average molecular weight is 141 g/mol. The standard InChI is InChI=1S/C7H11NO2/c1-5-4-6(9)7(2,8-5)10-3/h4,8H,1-3H3. The number of allylic oxidation sites excluding steroid dienone is 1. The Balaban J connectivity index is 2.81. The van der Waals surface area contributed by atoms with Gasteiger partial charge in [0.1, 0.15) is 0 Å². The molecule has 1 N–H and O–H groups in total. The summed E-state index contributed by atoms with van der Waals surface area (Å²) in [6.07, 6.45) is 1.55. The van der Waals surface area contributed by atoms with Crippen molar-refractivity contribution in [2.75, 3.05) is 7.11 Å². The average Bonchev–Trinajstić information content (AvgIpc) is 2.09. The van der Waals surface area contributed by atoms with Crippen LogP contribution in [-0.2, 0) is 9.53 Å². The second kappa shape index (κ2) is 2.09. The van der Waals surface area contributed by atoms with Gasteiger partial charge >= 0.3 is 0 Å². The number of hydrogen-bond acceptors (Lipinski definition) is 3. The molecule has 1 aliphatic rings. The van der Waals surface area contributed by atoms with Crippen molar-refractivity contribution in [2.24, 2.45) is 0 Å². The predicted octanol–water partition coefficient (Wildman–Crippen LogP) is 0.425. The number of carbonyl (C=O) groups excluding carboxylic acids is 1. The summed E-state index contributed by atoms with van der Waals surface area (Å²) >= 11 is 0. The topological polar surface area (TPSA) is 38.3 Å². The maximum Gasteiger partial charge on any atom is 0.209 e. The molecule has 0 spiro atoms. The van der Waals surface area contributed by atoms with Gasteiger partial charge in [-0.3, -0.25) is 4.79 Å². The fourth-order valence-electron chi connectivity index (χ4n) is 0.960. The predicted molar refractivity (Wildman–Crippen MR) is 37.3 cm³/mol. The van der Waals surface area contributed by atoms with Crippen LogP contribution in [0.1, 0.15) is 13.8 Å². The van der Waals surface area contributed by atoms with Gasteiger partial charge in [-0.05, 0) is 13.8 Å². The van der Waals surface area contributed by atoms with E-state index in [1.807, 2.05) is 6.92 Å². The van der Waals surface area contributed by atoms with E-state index in [0.717, 1.165) is 5.70 Å². The molecule has 1 rings (SSSR count). The van der Waals surface area contributed by atoms with E-state index in [1.165, 1.54) is 7.11 Å². The highest BCUT2D eigenvalue weighted by molar-refractivity contribution is 5.99. The van der Waals surface area contributed by atoms with Gasteiger partial charge in [-0.1, -0.05) is 0 Å². The van der Waals surface area contributed by atoms with Crippen molar-refractivity contribution in [1.29, 1.82) is 0 Å². The first-order chi connectivity index (χ1) is 4.58. The summed E-state index contributed by atoms with van der Waals surface area (Å²) in [5.41, 5.74) is 0.0405. The van der Waals surface area contributed by atoms with Crippen molar-refractivity contribution in [3.63, 3.8) is 0 Å². The summed E-state index contributed by atoms with van der Waals surface area (Å²) in [5.74, 6) is -0.0208. The Kier molecular flexibility index (Phi) is 1.52. The Morgan fingerprint density at radius 2 is 2.30 bits per heavy atom. The molecule has 1 heterocycles. The van der Waals surface area contributed by atoms with Gasteiger partial charge in [-0.15, -0.1) is 0 Å². The molecular weight excluding hydrogens is 130 g/mol. The van der Waals surface area contributed by atoms with Gasteiger partial charge < -0.3 is 10.1 Å². The van der Waals surface area contributed by atoms with Crippen LogP contribution in [0.4, 0.5) is 0 Å². The van der Waals surface area contributed by atoms with E-state index in [2.05, 4.69) is 5.32 Å². The first kappa shape index (κ1) is 7.28. The minimum Gasteiger partial charge on any atom is -0.355 e. The molecule has 3 nitrogen and oxygen atoms in total. The summed E-state index contributed by atoms with van der Waals surface area (Å²) in [6, 6.07) is 0. The number of methoxy groups -OCH3 is 1. The summed E-state index contributed by atoms with van der Waals surface area (Å²) in [5, 5.41) is 2.92. The third-order valence-corrected chi connectivity index (χ3v) is 1.66. The quantitative estimate of drug-likeness (QED) is 0.575. The summed E-state index contributed by atoms with van der Waals surface area (Å²) in [6.45, 7) is 3.55. The Bertz CT molecular complexity index is 198. The van der Waals surface area contributed by atoms with Crippen molar-refractivity contribution in [2.45, 2.75) is 19.6 Å². The molecule has 0 saturated heterocycles. The number of nitrogens with one attached hydrogen (secondary N) is 1. The zero-order chi connectivity index (χ0) is 7.78. The Labute approximate surface area is 60.1 Å². The van der Waals surface area contributed by atoms with E-state index in [-0.39, 0.29) is 5.78 Å². The highest BCUT2D eigenvalue weighted by Crippen LogP contribution is 2.16. The number of hydrogen-bond donors (Lipinski definition) is 1. The van der Waals surface area contributed by atoms with Crippen LogP contribution >= 0.6 is 0 Å². The lowest BCUT2D eigenvalue weighted by Gasteiger charge is -2.21. The molecule has 10 heavy (non-hydrogen) atoms. The maximum atomic E-state index is 11.1. The first-order valence-corrected chi connectivity index (χ1v) is 3.14.